The van der Waals surface area contributed by atoms with Crippen LogP contribution in [0.5, 0.6) is 0 Å². The van der Waals surface area contributed by atoms with Crippen LogP contribution in [-0.2, 0) is 0 Å². The van der Waals surface area contributed by atoms with E-state index in [0.29, 0.717) is 17.4 Å². The Bertz CT molecular complexity index is 771. The maximum absolute atomic E-state index is 12.1. The van der Waals surface area contributed by atoms with Crippen LogP contribution in [-0.4, -0.2) is 30.3 Å². The Labute approximate surface area is 114 Å². The molecule has 0 aromatic carbocycles. The molecule has 3 aromatic rings. The summed E-state index contributed by atoms with van der Waals surface area (Å²) in [7, 11) is 0. The summed E-state index contributed by atoms with van der Waals surface area (Å²) in [6.45, 7) is 0. The molecule has 2 N–H and O–H groups in total. The predicted molar refractivity (Wildman–Crippen MR) is 71.9 cm³/mol. The van der Waals surface area contributed by atoms with Gasteiger partial charge in [-0.1, -0.05) is 0 Å². The Balaban J connectivity index is 1.80. The summed E-state index contributed by atoms with van der Waals surface area (Å²) in [5.74, 6) is 1.67. The number of nitrogens with one attached hydrogen (secondary N) is 2. The third-order valence-corrected chi connectivity index (χ3v) is 3.30. The van der Waals surface area contributed by atoms with Crippen molar-refractivity contribution in [3.05, 3.63) is 36.4 Å². The fourth-order valence-electron chi connectivity index (χ4n) is 2.10. The van der Waals surface area contributed by atoms with Gasteiger partial charge in [0.25, 0.3) is 0 Å². The standard InChI is InChI=1S/C13H12N6O/c20-11(8-3-4-8)12-16-10-2-1-7-19(10)13(17-12)15-9-5-6-14-18-9/h1-2,5-8H,3-4H2,(H2,14,15,16,17,18). The quantitative estimate of drug-likeness (QED) is 0.704. The van der Waals surface area contributed by atoms with Crippen LogP contribution in [0.2, 0.25) is 0 Å². The predicted octanol–water partition coefficient (Wildman–Crippen LogP) is 1.79. The minimum absolute atomic E-state index is 0.0290. The Morgan fingerprint density at radius 2 is 2.25 bits per heavy atom. The molecule has 1 aliphatic rings. The zero-order valence-corrected chi connectivity index (χ0v) is 10.6. The van der Waals surface area contributed by atoms with Gasteiger partial charge in [-0.25, -0.2) is 4.98 Å². The third kappa shape index (κ3) is 1.83. The number of carbonyl (C=O) groups is 1. The van der Waals surface area contributed by atoms with Crippen LogP contribution < -0.4 is 5.32 Å². The van der Waals surface area contributed by atoms with E-state index >= 15 is 0 Å². The number of carbonyl (C=O) groups excluding carboxylic acids is 1. The van der Waals surface area contributed by atoms with Gasteiger partial charge in [-0.15, -0.1) is 0 Å². The topological polar surface area (TPSA) is 88.0 Å². The van der Waals surface area contributed by atoms with E-state index in [9.17, 15) is 4.79 Å². The Kier molecular flexibility index (Phi) is 2.32. The largest absolute Gasteiger partial charge is 0.310 e. The molecule has 7 heteroatoms. The Morgan fingerprint density at radius 3 is 3.00 bits per heavy atom. The maximum atomic E-state index is 12.1. The zero-order chi connectivity index (χ0) is 13.5. The van der Waals surface area contributed by atoms with E-state index < -0.39 is 0 Å². The van der Waals surface area contributed by atoms with E-state index in [2.05, 4.69) is 25.5 Å². The van der Waals surface area contributed by atoms with Gasteiger partial charge in [0.2, 0.25) is 17.6 Å². The second kappa shape index (κ2) is 4.16. The van der Waals surface area contributed by atoms with E-state index in [-0.39, 0.29) is 17.5 Å². The minimum Gasteiger partial charge on any atom is -0.310 e. The molecule has 0 saturated heterocycles. The summed E-state index contributed by atoms with van der Waals surface area (Å²) in [6.07, 6.45) is 5.38. The first-order valence-electron chi connectivity index (χ1n) is 6.47. The number of hydrogen-bond acceptors (Lipinski definition) is 5. The van der Waals surface area contributed by atoms with Crippen LogP contribution in [0, 0.1) is 5.92 Å². The van der Waals surface area contributed by atoms with E-state index in [4.69, 9.17) is 0 Å². The van der Waals surface area contributed by atoms with Crippen molar-refractivity contribution in [2.75, 3.05) is 5.32 Å². The van der Waals surface area contributed by atoms with Crippen molar-refractivity contribution in [2.45, 2.75) is 12.8 Å². The molecule has 0 unspecified atom stereocenters. The number of aromatic amines is 1. The molecule has 1 aliphatic carbocycles. The van der Waals surface area contributed by atoms with Crippen LogP contribution >= 0.6 is 0 Å². The fourth-order valence-corrected chi connectivity index (χ4v) is 2.10. The summed E-state index contributed by atoms with van der Waals surface area (Å²) in [5, 5.41) is 9.79. The van der Waals surface area contributed by atoms with Crippen molar-refractivity contribution in [1.29, 1.82) is 0 Å². The lowest BCUT2D eigenvalue weighted by Gasteiger charge is -2.08. The van der Waals surface area contributed by atoms with Crippen molar-refractivity contribution < 1.29 is 4.79 Å². The molecular weight excluding hydrogens is 256 g/mol. The van der Waals surface area contributed by atoms with Crippen molar-refractivity contribution >= 4 is 23.2 Å². The lowest BCUT2D eigenvalue weighted by molar-refractivity contribution is 0.0957. The Morgan fingerprint density at radius 1 is 1.35 bits per heavy atom. The highest BCUT2D eigenvalue weighted by Crippen LogP contribution is 2.32. The zero-order valence-electron chi connectivity index (χ0n) is 10.6. The number of Topliss-reactive ketones (excluding diaryl/α,β-unsaturated/α-hetero) is 1. The van der Waals surface area contributed by atoms with Crippen LogP contribution in [0.3, 0.4) is 0 Å². The fraction of sp³-hybridized carbons (Fsp3) is 0.231. The Hall–Kier alpha value is -2.70. The number of fused-ring (bicyclic) bond motifs is 1. The highest BCUT2D eigenvalue weighted by atomic mass is 16.1. The molecule has 7 nitrogen and oxygen atoms in total. The van der Waals surface area contributed by atoms with Crippen molar-refractivity contribution in [3.8, 4) is 0 Å². The number of hydrogen-bond donors (Lipinski definition) is 2. The first-order valence-corrected chi connectivity index (χ1v) is 6.47. The van der Waals surface area contributed by atoms with Crippen molar-refractivity contribution in [2.24, 2.45) is 5.92 Å². The molecule has 0 aliphatic heterocycles. The molecule has 0 atom stereocenters. The van der Waals surface area contributed by atoms with E-state index in [1.54, 1.807) is 16.7 Å². The SMILES string of the molecule is O=C(c1nc(Nc2ccn[nH]2)n2cccc2n1)C1CC1. The summed E-state index contributed by atoms with van der Waals surface area (Å²) in [5.41, 5.74) is 0.700. The molecule has 0 spiro atoms. The summed E-state index contributed by atoms with van der Waals surface area (Å²) < 4.78 is 1.80. The van der Waals surface area contributed by atoms with Gasteiger partial charge in [0.1, 0.15) is 11.5 Å². The number of anilines is 2. The molecule has 4 rings (SSSR count). The lowest BCUT2D eigenvalue weighted by Crippen LogP contribution is -2.12. The number of ketones is 1. The molecular formula is C13H12N6O. The van der Waals surface area contributed by atoms with Gasteiger partial charge >= 0.3 is 0 Å². The summed E-state index contributed by atoms with van der Waals surface area (Å²) >= 11 is 0. The number of H-pyrrole nitrogens is 1. The molecule has 3 aromatic heterocycles. The average molecular weight is 268 g/mol. The van der Waals surface area contributed by atoms with E-state index in [1.165, 1.54) is 0 Å². The molecule has 3 heterocycles. The van der Waals surface area contributed by atoms with Gasteiger partial charge in [0.05, 0.1) is 6.20 Å². The molecule has 0 amide bonds. The van der Waals surface area contributed by atoms with Gasteiger partial charge in [-0.3, -0.25) is 14.3 Å². The normalized spacial score (nSPS) is 14.6. The molecule has 1 saturated carbocycles. The number of aromatic nitrogens is 5. The number of nitrogens with zero attached hydrogens (tertiary/aromatic N) is 4. The average Bonchev–Trinajstić information content (AvgIpc) is 2.97. The van der Waals surface area contributed by atoms with E-state index in [1.807, 2.05) is 18.3 Å². The van der Waals surface area contributed by atoms with Crippen molar-refractivity contribution in [3.63, 3.8) is 0 Å². The van der Waals surface area contributed by atoms with Gasteiger partial charge in [-0.2, -0.15) is 10.1 Å². The molecule has 1 fully saturated rings. The lowest BCUT2D eigenvalue weighted by atomic mass is 10.2. The number of rotatable bonds is 4. The summed E-state index contributed by atoms with van der Waals surface area (Å²) in [4.78, 5) is 20.8. The summed E-state index contributed by atoms with van der Waals surface area (Å²) in [6, 6.07) is 5.51. The monoisotopic (exact) mass is 268 g/mol. The van der Waals surface area contributed by atoms with Crippen LogP contribution in [0.15, 0.2) is 30.6 Å². The maximum Gasteiger partial charge on any atom is 0.216 e. The van der Waals surface area contributed by atoms with Gasteiger partial charge in [0.15, 0.2) is 0 Å². The van der Waals surface area contributed by atoms with E-state index in [0.717, 1.165) is 12.8 Å². The molecule has 20 heavy (non-hydrogen) atoms. The highest BCUT2D eigenvalue weighted by Gasteiger charge is 2.32. The molecule has 100 valence electrons. The molecule has 0 bridgehead atoms. The molecule has 0 radical (unpaired) electrons. The third-order valence-electron chi connectivity index (χ3n) is 3.30. The first-order chi connectivity index (χ1) is 9.81. The van der Waals surface area contributed by atoms with Gasteiger partial charge < -0.3 is 5.32 Å². The smallest absolute Gasteiger partial charge is 0.216 e. The second-order valence-corrected chi connectivity index (χ2v) is 4.84. The van der Waals surface area contributed by atoms with Crippen LogP contribution in [0.4, 0.5) is 11.8 Å². The van der Waals surface area contributed by atoms with Gasteiger partial charge in [-0.05, 0) is 25.0 Å². The van der Waals surface area contributed by atoms with Crippen LogP contribution in [0.1, 0.15) is 23.5 Å². The highest BCUT2D eigenvalue weighted by molar-refractivity contribution is 5.96. The van der Waals surface area contributed by atoms with Crippen LogP contribution in [0.25, 0.3) is 5.65 Å². The first kappa shape index (κ1) is 11.2. The second-order valence-electron chi connectivity index (χ2n) is 4.84. The van der Waals surface area contributed by atoms with Gasteiger partial charge in [0, 0.05) is 18.2 Å². The minimum atomic E-state index is 0.0290. The van der Waals surface area contributed by atoms with Crippen molar-refractivity contribution in [1.82, 2.24) is 24.6 Å².